The molecule has 0 unspecified atom stereocenters. The smallest absolute Gasteiger partial charge is 0.141 e. The monoisotopic (exact) mass is 237 g/mol. The molecule has 0 aliphatic carbocycles. The molecule has 13 heavy (non-hydrogen) atoms. The Bertz CT molecular complexity index is 422. The predicted molar refractivity (Wildman–Crippen MR) is 54.4 cm³/mol. The standard InChI is InChI=1S/C10H8BrNO/c1-7-9(6-12-13-7)8-4-2-3-5-10(8)11/h2-6H,1H3. The maximum Gasteiger partial charge on any atom is 0.141 e. The van der Waals surface area contributed by atoms with Crippen molar-refractivity contribution in [2.45, 2.75) is 6.92 Å². The van der Waals surface area contributed by atoms with Gasteiger partial charge >= 0.3 is 0 Å². The maximum atomic E-state index is 5.00. The first-order valence-corrected chi connectivity index (χ1v) is 4.74. The molecule has 0 saturated carbocycles. The molecule has 2 aromatic rings. The van der Waals surface area contributed by atoms with Gasteiger partial charge in [-0.05, 0) is 13.0 Å². The SMILES string of the molecule is Cc1oncc1-c1ccccc1Br. The molecule has 3 heteroatoms. The van der Waals surface area contributed by atoms with E-state index in [1.165, 1.54) is 0 Å². The molecule has 0 aliphatic heterocycles. The van der Waals surface area contributed by atoms with E-state index < -0.39 is 0 Å². The highest BCUT2D eigenvalue weighted by Gasteiger charge is 2.07. The van der Waals surface area contributed by atoms with Gasteiger partial charge in [-0.2, -0.15) is 0 Å². The molecule has 1 heterocycles. The average Bonchev–Trinajstić information content (AvgIpc) is 2.52. The third-order valence-corrected chi connectivity index (χ3v) is 2.61. The van der Waals surface area contributed by atoms with E-state index in [1.807, 2.05) is 31.2 Å². The van der Waals surface area contributed by atoms with E-state index in [9.17, 15) is 0 Å². The summed E-state index contributed by atoms with van der Waals surface area (Å²) < 4.78 is 6.06. The number of aryl methyl sites for hydroxylation is 1. The van der Waals surface area contributed by atoms with E-state index in [2.05, 4.69) is 21.1 Å². The molecule has 1 aromatic heterocycles. The highest BCUT2D eigenvalue weighted by Crippen LogP contribution is 2.29. The summed E-state index contributed by atoms with van der Waals surface area (Å²) in [7, 11) is 0. The van der Waals surface area contributed by atoms with E-state index in [0.717, 1.165) is 21.4 Å². The first-order valence-electron chi connectivity index (χ1n) is 3.95. The Morgan fingerprint density at radius 1 is 1.23 bits per heavy atom. The van der Waals surface area contributed by atoms with Crippen molar-refractivity contribution in [3.8, 4) is 11.1 Å². The summed E-state index contributed by atoms with van der Waals surface area (Å²) in [6.07, 6.45) is 1.73. The summed E-state index contributed by atoms with van der Waals surface area (Å²) in [5, 5.41) is 3.74. The molecule has 66 valence electrons. The van der Waals surface area contributed by atoms with Gasteiger partial charge in [0.25, 0.3) is 0 Å². The Morgan fingerprint density at radius 3 is 2.62 bits per heavy atom. The lowest BCUT2D eigenvalue weighted by molar-refractivity contribution is 0.398. The highest BCUT2D eigenvalue weighted by atomic mass is 79.9. The van der Waals surface area contributed by atoms with Crippen LogP contribution in [0.25, 0.3) is 11.1 Å². The Morgan fingerprint density at radius 2 is 2.00 bits per heavy atom. The summed E-state index contributed by atoms with van der Waals surface area (Å²) in [5.41, 5.74) is 2.15. The molecule has 0 fully saturated rings. The summed E-state index contributed by atoms with van der Waals surface area (Å²) in [6, 6.07) is 8.01. The lowest BCUT2D eigenvalue weighted by atomic mass is 10.1. The van der Waals surface area contributed by atoms with Crippen LogP contribution in [0.1, 0.15) is 5.76 Å². The number of benzene rings is 1. The van der Waals surface area contributed by atoms with Gasteiger partial charge in [-0.1, -0.05) is 39.3 Å². The zero-order valence-electron chi connectivity index (χ0n) is 7.12. The zero-order chi connectivity index (χ0) is 9.26. The summed E-state index contributed by atoms with van der Waals surface area (Å²) in [4.78, 5) is 0. The van der Waals surface area contributed by atoms with Gasteiger partial charge in [-0.15, -0.1) is 0 Å². The molecule has 0 N–H and O–H groups in total. The van der Waals surface area contributed by atoms with Crippen LogP contribution in [0.3, 0.4) is 0 Å². The number of hydrogen-bond acceptors (Lipinski definition) is 2. The van der Waals surface area contributed by atoms with E-state index >= 15 is 0 Å². The van der Waals surface area contributed by atoms with Gasteiger partial charge in [0.05, 0.1) is 6.20 Å². The number of nitrogens with zero attached hydrogens (tertiary/aromatic N) is 1. The minimum atomic E-state index is 0.840. The van der Waals surface area contributed by atoms with E-state index in [1.54, 1.807) is 6.20 Å². The molecular formula is C10H8BrNO. The summed E-state index contributed by atoms with van der Waals surface area (Å²) >= 11 is 3.48. The van der Waals surface area contributed by atoms with Crippen LogP contribution in [0.5, 0.6) is 0 Å². The first kappa shape index (κ1) is 8.51. The number of halogens is 1. The lowest BCUT2D eigenvalue weighted by Crippen LogP contribution is -1.78. The minimum absolute atomic E-state index is 0.840. The van der Waals surface area contributed by atoms with Crippen LogP contribution in [0, 0.1) is 6.92 Å². The van der Waals surface area contributed by atoms with Gasteiger partial charge < -0.3 is 4.52 Å². The molecule has 0 radical (unpaired) electrons. The third-order valence-electron chi connectivity index (χ3n) is 1.91. The molecule has 1 aromatic carbocycles. The lowest BCUT2D eigenvalue weighted by Gasteiger charge is -2.00. The Balaban J connectivity index is 2.59. The second-order valence-electron chi connectivity index (χ2n) is 2.78. The second kappa shape index (κ2) is 3.34. The average molecular weight is 238 g/mol. The third kappa shape index (κ3) is 1.52. The number of aromatic nitrogens is 1. The molecule has 2 rings (SSSR count). The molecule has 0 spiro atoms. The van der Waals surface area contributed by atoms with Crippen LogP contribution in [-0.4, -0.2) is 5.16 Å². The molecule has 0 saturated heterocycles. The number of rotatable bonds is 1. The van der Waals surface area contributed by atoms with Gasteiger partial charge in [0, 0.05) is 15.6 Å². The quantitative estimate of drug-likeness (QED) is 0.760. The van der Waals surface area contributed by atoms with Crippen LogP contribution in [-0.2, 0) is 0 Å². The van der Waals surface area contributed by atoms with Crippen molar-refractivity contribution in [1.82, 2.24) is 5.16 Å². The van der Waals surface area contributed by atoms with Crippen molar-refractivity contribution < 1.29 is 4.52 Å². The normalized spacial score (nSPS) is 10.3. The van der Waals surface area contributed by atoms with Crippen LogP contribution in [0.4, 0.5) is 0 Å². The molecule has 0 amide bonds. The molecule has 0 bridgehead atoms. The van der Waals surface area contributed by atoms with E-state index in [0.29, 0.717) is 0 Å². The van der Waals surface area contributed by atoms with Gasteiger partial charge in [0.1, 0.15) is 5.76 Å². The van der Waals surface area contributed by atoms with Crippen LogP contribution >= 0.6 is 15.9 Å². The largest absolute Gasteiger partial charge is 0.361 e. The van der Waals surface area contributed by atoms with Gasteiger partial charge in [0.15, 0.2) is 0 Å². The molecular weight excluding hydrogens is 230 g/mol. The molecule has 0 atom stereocenters. The Labute approximate surface area is 84.7 Å². The van der Waals surface area contributed by atoms with E-state index in [-0.39, 0.29) is 0 Å². The summed E-state index contributed by atoms with van der Waals surface area (Å²) in [5.74, 6) is 0.840. The second-order valence-corrected chi connectivity index (χ2v) is 3.63. The topological polar surface area (TPSA) is 26.0 Å². The van der Waals surface area contributed by atoms with Crippen molar-refractivity contribution >= 4 is 15.9 Å². The molecule has 0 aliphatic rings. The van der Waals surface area contributed by atoms with E-state index in [4.69, 9.17) is 4.52 Å². The van der Waals surface area contributed by atoms with Crippen LogP contribution in [0.2, 0.25) is 0 Å². The van der Waals surface area contributed by atoms with Gasteiger partial charge in [-0.25, -0.2) is 0 Å². The maximum absolute atomic E-state index is 5.00. The zero-order valence-corrected chi connectivity index (χ0v) is 8.71. The van der Waals surface area contributed by atoms with Crippen molar-refractivity contribution in [1.29, 1.82) is 0 Å². The number of hydrogen-bond donors (Lipinski definition) is 0. The first-order chi connectivity index (χ1) is 6.29. The Kier molecular flexibility index (Phi) is 2.19. The molecule has 2 nitrogen and oxygen atoms in total. The van der Waals surface area contributed by atoms with Gasteiger partial charge in [-0.3, -0.25) is 0 Å². The van der Waals surface area contributed by atoms with Crippen LogP contribution < -0.4 is 0 Å². The fourth-order valence-corrected chi connectivity index (χ4v) is 1.74. The highest BCUT2D eigenvalue weighted by molar-refractivity contribution is 9.10. The van der Waals surface area contributed by atoms with Crippen molar-refractivity contribution in [3.63, 3.8) is 0 Å². The fourth-order valence-electron chi connectivity index (χ4n) is 1.24. The van der Waals surface area contributed by atoms with Gasteiger partial charge in [0.2, 0.25) is 0 Å². The summed E-state index contributed by atoms with van der Waals surface area (Å²) in [6.45, 7) is 1.90. The van der Waals surface area contributed by atoms with Crippen molar-refractivity contribution in [2.75, 3.05) is 0 Å². The predicted octanol–water partition coefficient (Wildman–Crippen LogP) is 3.41. The Hall–Kier alpha value is -1.09. The van der Waals surface area contributed by atoms with Crippen molar-refractivity contribution in [2.24, 2.45) is 0 Å². The van der Waals surface area contributed by atoms with Crippen LogP contribution in [0.15, 0.2) is 39.5 Å². The minimum Gasteiger partial charge on any atom is -0.361 e. The fraction of sp³-hybridized carbons (Fsp3) is 0.100. The van der Waals surface area contributed by atoms with Crippen molar-refractivity contribution in [3.05, 3.63) is 40.7 Å².